The van der Waals surface area contributed by atoms with Crippen LogP contribution in [-0.4, -0.2) is 40.9 Å². The van der Waals surface area contributed by atoms with E-state index in [1.54, 1.807) is 6.92 Å². The summed E-state index contributed by atoms with van der Waals surface area (Å²) >= 11 is 0. The van der Waals surface area contributed by atoms with Gasteiger partial charge < -0.3 is 21.3 Å². The molecule has 0 radical (unpaired) electrons. The first-order valence-corrected chi connectivity index (χ1v) is 6.90. The number of hydrogen-bond donors (Lipinski definition) is 4. The quantitative estimate of drug-likeness (QED) is 0.547. The molecular weight excluding hydrogens is 256 g/mol. The van der Waals surface area contributed by atoms with Crippen LogP contribution in [-0.2, 0) is 11.2 Å². The van der Waals surface area contributed by atoms with Crippen LogP contribution in [0.25, 0.3) is 0 Å². The number of amides is 1. The molecule has 0 fully saturated rings. The van der Waals surface area contributed by atoms with Gasteiger partial charge in [0.2, 0.25) is 5.91 Å². The van der Waals surface area contributed by atoms with Crippen molar-refractivity contribution < 1.29 is 15.0 Å². The molecule has 0 saturated carbocycles. The number of carbonyl (C=O) groups excluding carboxylic acids is 1. The number of benzene rings is 1. The van der Waals surface area contributed by atoms with E-state index in [1.807, 2.05) is 30.3 Å². The minimum Gasteiger partial charge on any atom is -0.394 e. The molecule has 0 aromatic heterocycles. The van der Waals surface area contributed by atoms with Crippen molar-refractivity contribution in [1.82, 2.24) is 5.32 Å². The molecule has 0 saturated heterocycles. The van der Waals surface area contributed by atoms with E-state index in [0.717, 1.165) is 5.56 Å². The summed E-state index contributed by atoms with van der Waals surface area (Å²) in [6.45, 7) is 1.18. The molecule has 1 amide bonds. The van der Waals surface area contributed by atoms with Gasteiger partial charge in [0.25, 0.3) is 0 Å². The van der Waals surface area contributed by atoms with Gasteiger partial charge in [0.05, 0.1) is 24.8 Å². The molecule has 20 heavy (non-hydrogen) atoms. The number of nitrogens with two attached hydrogens (primary N) is 1. The van der Waals surface area contributed by atoms with Crippen LogP contribution in [0.4, 0.5) is 0 Å². The number of aliphatic hydroxyl groups excluding tert-OH is 2. The fourth-order valence-corrected chi connectivity index (χ4v) is 1.89. The van der Waals surface area contributed by atoms with Gasteiger partial charge in [-0.05, 0) is 24.8 Å². The lowest BCUT2D eigenvalue weighted by atomic mass is 9.97. The van der Waals surface area contributed by atoms with Crippen LogP contribution in [0.5, 0.6) is 0 Å². The highest BCUT2D eigenvalue weighted by Gasteiger charge is 2.30. The van der Waals surface area contributed by atoms with Crippen LogP contribution >= 0.6 is 0 Å². The van der Waals surface area contributed by atoms with Crippen LogP contribution in [0.15, 0.2) is 30.3 Å². The second-order valence-electron chi connectivity index (χ2n) is 5.07. The first-order valence-electron chi connectivity index (χ1n) is 6.90. The van der Waals surface area contributed by atoms with Crippen molar-refractivity contribution >= 4 is 5.91 Å². The van der Waals surface area contributed by atoms with Crippen molar-refractivity contribution in [2.24, 2.45) is 5.73 Å². The van der Waals surface area contributed by atoms with Crippen molar-refractivity contribution in [1.29, 1.82) is 0 Å². The van der Waals surface area contributed by atoms with E-state index in [2.05, 4.69) is 5.32 Å². The minimum absolute atomic E-state index is 0.308. The summed E-state index contributed by atoms with van der Waals surface area (Å²) in [5.41, 5.74) is 6.00. The smallest absolute Gasteiger partial charge is 0.237 e. The number of aryl methyl sites for hydroxylation is 1. The second kappa shape index (κ2) is 7.99. The molecule has 0 spiro atoms. The molecule has 0 aliphatic heterocycles. The monoisotopic (exact) mass is 280 g/mol. The molecule has 0 aliphatic carbocycles. The second-order valence-corrected chi connectivity index (χ2v) is 5.07. The Kier molecular flexibility index (Phi) is 6.64. The molecule has 5 heteroatoms. The van der Waals surface area contributed by atoms with Crippen LogP contribution in [0, 0.1) is 0 Å². The molecule has 5 N–H and O–H groups in total. The molecule has 112 valence electrons. The summed E-state index contributed by atoms with van der Waals surface area (Å²) in [5, 5.41) is 21.3. The van der Waals surface area contributed by atoms with Gasteiger partial charge in [0, 0.05) is 0 Å². The average molecular weight is 280 g/mol. The van der Waals surface area contributed by atoms with Gasteiger partial charge in [-0.25, -0.2) is 0 Å². The van der Waals surface area contributed by atoms with Gasteiger partial charge in [-0.2, -0.15) is 0 Å². The fraction of sp³-hybridized carbons (Fsp3) is 0.533. The fourth-order valence-electron chi connectivity index (χ4n) is 1.89. The largest absolute Gasteiger partial charge is 0.394 e. The third-order valence-electron chi connectivity index (χ3n) is 3.59. The number of aliphatic hydroxyl groups is 2. The molecule has 1 atom stereocenters. The van der Waals surface area contributed by atoms with E-state index in [9.17, 15) is 15.0 Å². The molecule has 5 nitrogen and oxygen atoms in total. The third kappa shape index (κ3) is 4.59. The highest BCUT2D eigenvalue weighted by Crippen LogP contribution is 2.10. The SMILES string of the molecule is CCC(CO)(CO)NC(=O)[C@@H](N)CCc1ccccc1. The maximum atomic E-state index is 12.0. The van der Waals surface area contributed by atoms with Crippen molar-refractivity contribution in [2.75, 3.05) is 13.2 Å². The van der Waals surface area contributed by atoms with Crippen LogP contribution in [0.1, 0.15) is 25.3 Å². The topological polar surface area (TPSA) is 95.6 Å². The molecule has 0 heterocycles. The predicted molar refractivity (Wildman–Crippen MR) is 78.1 cm³/mol. The van der Waals surface area contributed by atoms with E-state index in [-0.39, 0.29) is 19.1 Å². The summed E-state index contributed by atoms with van der Waals surface area (Å²) in [7, 11) is 0. The maximum Gasteiger partial charge on any atom is 0.237 e. The first-order chi connectivity index (χ1) is 9.56. The molecule has 1 aromatic carbocycles. The van der Waals surface area contributed by atoms with Crippen LogP contribution in [0.2, 0.25) is 0 Å². The Bertz CT molecular complexity index is 397. The van der Waals surface area contributed by atoms with E-state index < -0.39 is 11.6 Å². The number of rotatable bonds is 8. The Hall–Kier alpha value is -1.43. The lowest BCUT2D eigenvalue weighted by Gasteiger charge is -2.31. The van der Waals surface area contributed by atoms with Gasteiger partial charge in [-0.15, -0.1) is 0 Å². The van der Waals surface area contributed by atoms with Crippen molar-refractivity contribution in [2.45, 2.75) is 37.8 Å². The van der Waals surface area contributed by atoms with Gasteiger partial charge in [-0.1, -0.05) is 37.3 Å². The zero-order valence-corrected chi connectivity index (χ0v) is 11.9. The zero-order chi connectivity index (χ0) is 15.0. The van der Waals surface area contributed by atoms with Crippen molar-refractivity contribution in [3.63, 3.8) is 0 Å². The van der Waals surface area contributed by atoms with Crippen LogP contribution < -0.4 is 11.1 Å². The summed E-state index contributed by atoms with van der Waals surface area (Å²) in [6, 6.07) is 9.15. The Balaban J connectivity index is 2.50. The first kappa shape index (κ1) is 16.6. The van der Waals surface area contributed by atoms with Crippen molar-refractivity contribution in [3.8, 4) is 0 Å². The van der Waals surface area contributed by atoms with E-state index in [4.69, 9.17) is 5.73 Å². The van der Waals surface area contributed by atoms with E-state index in [0.29, 0.717) is 19.3 Å². The Labute approximate surface area is 119 Å². The van der Waals surface area contributed by atoms with Gasteiger partial charge in [0.1, 0.15) is 0 Å². The average Bonchev–Trinajstić information content (AvgIpc) is 2.51. The molecule has 0 bridgehead atoms. The van der Waals surface area contributed by atoms with Gasteiger partial charge in [-0.3, -0.25) is 4.79 Å². The molecule has 1 aromatic rings. The summed E-state index contributed by atoms with van der Waals surface area (Å²) in [6.07, 6.45) is 1.68. The van der Waals surface area contributed by atoms with Crippen molar-refractivity contribution in [3.05, 3.63) is 35.9 Å². The lowest BCUT2D eigenvalue weighted by Crippen LogP contribution is -2.57. The highest BCUT2D eigenvalue weighted by atomic mass is 16.3. The molecule has 0 aliphatic rings. The summed E-state index contributed by atoms with van der Waals surface area (Å²) < 4.78 is 0. The summed E-state index contributed by atoms with van der Waals surface area (Å²) in [4.78, 5) is 12.0. The number of carbonyl (C=O) groups is 1. The Morgan fingerprint density at radius 2 is 1.90 bits per heavy atom. The molecular formula is C15H24N2O3. The Morgan fingerprint density at radius 3 is 2.40 bits per heavy atom. The van der Waals surface area contributed by atoms with E-state index >= 15 is 0 Å². The van der Waals surface area contributed by atoms with Crippen LogP contribution in [0.3, 0.4) is 0 Å². The zero-order valence-electron chi connectivity index (χ0n) is 11.9. The highest BCUT2D eigenvalue weighted by molar-refractivity contribution is 5.82. The molecule has 0 unspecified atom stereocenters. The minimum atomic E-state index is -0.985. The standard InChI is InChI=1S/C15H24N2O3/c1-2-15(10-18,11-19)17-14(20)13(16)9-8-12-6-4-3-5-7-12/h3-7,13,18-19H,2,8-11,16H2,1H3,(H,17,20)/t13-/m0/s1. The predicted octanol–water partition coefficient (Wildman–Crippen LogP) is 0.196. The maximum absolute atomic E-state index is 12.0. The van der Waals surface area contributed by atoms with Gasteiger partial charge >= 0.3 is 0 Å². The number of hydrogen-bond acceptors (Lipinski definition) is 4. The Morgan fingerprint density at radius 1 is 1.30 bits per heavy atom. The number of nitrogens with one attached hydrogen (secondary N) is 1. The third-order valence-corrected chi connectivity index (χ3v) is 3.59. The van der Waals surface area contributed by atoms with Gasteiger partial charge in [0.15, 0.2) is 0 Å². The lowest BCUT2D eigenvalue weighted by molar-refractivity contribution is -0.125. The molecule has 1 rings (SSSR count). The summed E-state index contributed by atoms with van der Waals surface area (Å²) in [5.74, 6) is -0.342. The normalized spacial score (nSPS) is 13.0. The van der Waals surface area contributed by atoms with E-state index in [1.165, 1.54) is 0 Å².